The lowest BCUT2D eigenvalue weighted by molar-refractivity contribution is -0.137. The fraction of sp³-hybridized carbons (Fsp3) is 0.455. The maximum atomic E-state index is 12.3. The van der Waals surface area contributed by atoms with Gasteiger partial charge in [0.25, 0.3) is 5.91 Å². The zero-order chi connectivity index (χ0) is 14.3. The number of halogens is 4. The fourth-order valence-electron chi connectivity index (χ4n) is 1.18. The third kappa shape index (κ3) is 5.44. The molecule has 0 spiro atoms. The number of rotatable bonds is 6. The lowest BCUT2D eigenvalue weighted by Gasteiger charge is -2.07. The summed E-state index contributed by atoms with van der Waals surface area (Å²) >= 11 is 5.38. The van der Waals surface area contributed by atoms with E-state index in [0.29, 0.717) is 18.7 Å². The second kappa shape index (κ2) is 7.30. The molecule has 1 rings (SSSR count). The summed E-state index contributed by atoms with van der Waals surface area (Å²) in [5.41, 5.74) is -0.972. The molecule has 1 amide bonds. The Hall–Kier alpha value is -1.34. The van der Waals surface area contributed by atoms with Gasteiger partial charge in [0.2, 0.25) is 0 Å². The van der Waals surface area contributed by atoms with Crippen molar-refractivity contribution in [1.29, 1.82) is 0 Å². The van der Waals surface area contributed by atoms with Crippen molar-refractivity contribution in [3.05, 3.63) is 29.6 Å². The highest BCUT2D eigenvalue weighted by Crippen LogP contribution is 2.28. The molecule has 0 unspecified atom stereocenters. The molecule has 0 aromatic carbocycles. The predicted octanol–water partition coefficient (Wildman–Crippen LogP) is 2.09. The Morgan fingerprint density at radius 3 is 2.63 bits per heavy atom. The average Bonchev–Trinajstić information content (AvgIpc) is 2.37. The first-order valence-electron chi connectivity index (χ1n) is 5.40. The minimum Gasteiger partial charge on any atom is -0.378 e. The van der Waals surface area contributed by atoms with E-state index in [-0.39, 0.29) is 18.8 Å². The molecule has 1 aromatic heterocycles. The molecule has 0 fully saturated rings. The largest absolute Gasteiger partial charge is 0.417 e. The van der Waals surface area contributed by atoms with Gasteiger partial charge in [-0.05, 0) is 12.1 Å². The summed E-state index contributed by atoms with van der Waals surface area (Å²) in [6.45, 7) is 0.882. The van der Waals surface area contributed by atoms with E-state index in [1.807, 2.05) is 0 Å². The lowest BCUT2D eigenvalue weighted by Crippen LogP contribution is -2.28. The Bertz CT molecular complexity index is 409. The van der Waals surface area contributed by atoms with Gasteiger partial charge < -0.3 is 10.1 Å². The van der Waals surface area contributed by atoms with Gasteiger partial charge in [0.05, 0.1) is 18.8 Å². The number of amides is 1. The minimum atomic E-state index is -4.46. The molecule has 0 atom stereocenters. The summed E-state index contributed by atoms with van der Waals surface area (Å²) < 4.78 is 41.8. The highest BCUT2D eigenvalue weighted by atomic mass is 35.5. The molecule has 19 heavy (non-hydrogen) atoms. The Balaban J connectivity index is 2.45. The number of nitrogens with one attached hydrogen (secondary N) is 1. The van der Waals surface area contributed by atoms with E-state index in [2.05, 4.69) is 10.3 Å². The van der Waals surface area contributed by atoms with Crippen LogP contribution in [0.4, 0.5) is 13.2 Å². The number of carbonyl (C=O) groups is 1. The minimum absolute atomic E-state index is 0.0784. The average molecular weight is 297 g/mol. The molecule has 1 aromatic rings. The van der Waals surface area contributed by atoms with Crippen molar-refractivity contribution in [1.82, 2.24) is 10.3 Å². The highest BCUT2D eigenvalue weighted by molar-refractivity contribution is 6.17. The van der Waals surface area contributed by atoms with E-state index in [4.69, 9.17) is 16.3 Å². The zero-order valence-electron chi connectivity index (χ0n) is 9.84. The monoisotopic (exact) mass is 296 g/mol. The van der Waals surface area contributed by atoms with Crippen molar-refractivity contribution in [2.75, 3.05) is 25.6 Å². The maximum absolute atomic E-state index is 12.3. The van der Waals surface area contributed by atoms with Crippen LogP contribution < -0.4 is 5.32 Å². The van der Waals surface area contributed by atoms with Crippen LogP contribution in [0.2, 0.25) is 0 Å². The van der Waals surface area contributed by atoms with Gasteiger partial charge >= 0.3 is 6.18 Å². The number of ether oxygens (including phenoxy) is 1. The molecule has 1 heterocycles. The van der Waals surface area contributed by atoms with Crippen LogP contribution >= 0.6 is 11.6 Å². The van der Waals surface area contributed by atoms with Gasteiger partial charge in [0.1, 0.15) is 5.69 Å². The van der Waals surface area contributed by atoms with Gasteiger partial charge in [-0.15, -0.1) is 11.6 Å². The summed E-state index contributed by atoms with van der Waals surface area (Å²) in [4.78, 5) is 15.0. The number of hydrogen-bond acceptors (Lipinski definition) is 3. The van der Waals surface area contributed by atoms with Crippen LogP contribution in [0, 0.1) is 0 Å². The first-order valence-corrected chi connectivity index (χ1v) is 5.93. The van der Waals surface area contributed by atoms with E-state index in [1.54, 1.807) is 0 Å². The van der Waals surface area contributed by atoms with Crippen molar-refractivity contribution in [3.8, 4) is 0 Å². The van der Waals surface area contributed by atoms with Crippen LogP contribution in [0.15, 0.2) is 18.3 Å². The summed E-state index contributed by atoms with van der Waals surface area (Å²) in [6, 6.07) is 1.84. The molecule has 8 heteroatoms. The Labute approximate surface area is 112 Å². The van der Waals surface area contributed by atoms with Crippen molar-refractivity contribution < 1.29 is 22.7 Å². The molecule has 1 N–H and O–H groups in total. The van der Waals surface area contributed by atoms with E-state index in [1.165, 1.54) is 0 Å². The maximum Gasteiger partial charge on any atom is 0.417 e. The van der Waals surface area contributed by atoms with Gasteiger partial charge in [0, 0.05) is 18.6 Å². The van der Waals surface area contributed by atoms with Crippen LogP contribution in [-0.4, -0.2) is 36.5 Å². The number of nitrogens with zero attached hydrogens (tertiary/aromatic N) is 1. The first-order chi connectivity index (χ1) is 8.95. The van der Waals surface area contributed by atoms with Crippen molar-refractivity contribution in [2.24, 2.45) is 0 Å². The molecule has 0 bridgehead atoms. The molecule has 0 aliphatic heterocycles. The molecule has 0 saturated carbocycles. The smallest absolute Gasteiger partial charge is 0.378 e. The van der Waals surface area contributed by atoms with E-state index in [9.17, 15) is 18.0 Å². The van der Waals surface area contributed by atoms with Gasteiger partial charge in [-0.2, -0.15) is 13.2 Å². The molecular weight excluding hydrogens is 285 g/mol. The third-order valence-electron chi connectivity index (χ3n) is 2.08. The Morgan fingerprint density at radius 2 is 2.11 bits per heavy atom. The second-order valence-corrected chi connectivity index (χ2v) is 3.87. The number of hydrogen-bond donors (Lipinski definition) is 1. The van der Waals surface area contributed by atoms with E-state index < -0.39 is 17.6 Å². The summed E-state index contributed by atoms with van der Waals surface area (Å²) in [5.74, 6) is -0.197. The summed E-state index contributed by atoms with van der Waals surface area (Å²) in [5, 5.41) is 2.47. The van der Waals surface area contributed by atoms with Crippen molar-refractivity contribution >= 4 is 17.5 Å². The molecular formula is C11H12ClF3N2O2. The van der Waals surface area contributed by atoms with Gasteiger partial charge in [0.15, 0.2) is 0 Å². The molecule has 4 nitrogen and oxygen atoms in total. The fourth-order valence-corrected chi connectivity index (χ4v) is 1.29. The normalized spacial score (nSPS) is 11.4. The van der Waals surface area contributed by atoms with E-state index >= 15 is 0 Å². The molecule has 0 saturated heterocycles. The topological polar surface area (TPSA) is 51.2 Å². The number of pyridine rings is 1. The lowest BCUT2D eigenvalue weighted by atomic mass is 10.2. The first kappa shape index (κ1) is 15.7. The van der Waals surface area contributed by atoms with Crippen LogP contribution in [0.5, 0.6) is 0 Å². The zero-order valence-corrected chi connectivity index (χ0v) is 10.6. The van der Waals surface area contributed by atoms with Crippen LogP contribution in [0.25, 0.3) is 0 Å². The van der Waals surface area contributed by atoms with Gasteiger partial charge in [-0.1, -0.05) is 0 Å². The predicted molar refractivity (Wildman–Crippen MR) is 63.1 cm³/mol. The Kier molecular flexibility index (Phi) is 6.04. The second-order valence-electron chi connectivity index (χ2n) is 3.49. The standard InChI is InChI=1S/C11H12ClF3N2O2/c12-3-5-19-6-4-16-10(18)9-2-1-8(7-17-9)11(13,14)15/h1-2,7H,3-6H2,(H,16,18). The molecule has 106 valence electrons. The molecule has 0 aliphatic rings. The van der Waals surface area contributed by atoms with Crippen LogP contribution in [0.1, 0.15) is 16.1 Å². The van der Waals surface area contributed by atoms with Crippen molar-refractivity contribution in [3.63, 3.8) is 0 Å². The van der Waals surface area contributed by atoms with Gasteiger partial charge in [-0.25, -0.2) is 0 Å². The number of aromatic nitrogens is 1. The van der Waals surface area contributed by atoms with Crippen LogP contribution in [0.3, 0.4) is 0 Å². The summed E-state index contributed by atoms with van der Waals surface area (Å²) in [7, 11) is 0. The molecule has 0 radical (unpaired) electrons. The third-order valence-corrected chi connectivity index (χ3v) is 2.23. The van der Waals surface area contributed by atoms with Crippen molar-refractivity contribution in [2.45, 2.75) is 6.18 Å². The SMILES string of the molecule is O=C(NCCOCCCl)c1ccc(C(F)(F)F)cn1. The van der Waals surface area contributed by atoms with Crippen LogP contribution in [-0.2, 0) is 10.9 Å². The van der Waals surface area contributed by atoms with E-state index in [0.717, 1.165) is 12.1 Å². The number of carbonyl (C=O) groups excluding carboxylic acids is 1. The van der Waals surface area contributed by atoms with Gasteiger partial charge in [-0.3, -0.25) is 9.78 Å². The quantitative estimate of drug-likeness (QED) is 0.646. The summed E-state index contributed by atoms with van der Waals surface area (Å²) in [6.07, 6.45) is -3.84. The highest BCUT2D eigenvalue weighted by Gasteiger charge is 2.30. The molecule has 0 aliphatic carbocycles. The Morgan fingerprint density at radius 1 is 1.37 bits per heavy atom. The number of alkyl halides is 4.